The number of hydrogen-bond donors (Lipinski definition) is 2. The highest BCUT2D eigenvalue weighted by Crippen LogP contribution is 2.36. The van der Waals surface area contributed by atoms with E-state index >= 15 is 0 Å². The monoisotopic (exact) mass is 206 g/mol. The van der Waals surface area contributed by atoms with E-state index in [9.17, 15) is 4.79 Å². The quantitative estimate of drug-likeness (QED) is 0.790. The smallest absolute Gasteiger partial charge is 0.339 e. The van der Waals surface area contributed by atoms with Crippen molar-refractivity contribution in [2.75, 3.05) is 5.32 Å². The fraction of sp³-hybridized carbons (Fsp3) is 0.455. The summed E-state index contributed by atoms with van der Waals surface area (Å²) in [6.45, 7) is 2.14. The molecule has 2 unspecified atom stereocenters. The lowest BCUT2D eigenvalue weighted by atomic mass is 10.2. The molecule has 4 heteroatoms. The van der Waals surface area contributed by atoms with Crippen LogP contribution in [0.4, 0.5) is 5.82 Å². The Morgan fingerprint density at radius 1 is 1.73 bits per heavy atom. The molecule has 0 spiro atoms. The van der Waals surface area contributed by atoms with E-state index in [0.29, 0.717) is 17.8 Å². The number of hydrogen-bond acceptors (Lipinski definition) is 3. The van der Waals surface area contributed by atoms with E-state index in [2.05, 4.69) is 17.2 Å². The largest absolute Gasteiger partial charge is 0.478 e. The summed E-state index contributed by atoms with van der Waals surface area (Å²) < 4.78 is 0. The first-order valence-corrected chi connectivity index (χ1v) is 5.17. The van der Waals surface area contributed by atoms with Gasteiger partial charge >= 0.3 is 5.97 Å². The maximum Gasteiger partial charge on any atom is 0.339 e. The van der Waals surface area contributed by atoms with Gasteiger partial charge in [-0.15, -0.1) is 0 Å². The number of carboxylic acid groups (broad SMARTS) is 1. The minimum Gasteiger partial charge on any atom is -0.478 e. The van der Waals surface area contributed by atoms with Crippen molar-refractivity contribution in [1.82, 2.24) is 4.98 Å². The van der Waals surface area contributed by atoms with Gasteiger partial charge in [-0.05, 0) is 24.5 Å². The van der Waals surface area contributed by atoms with Crippen molar-refractivity contribution >= 4 is 11.8 Å². The Morgan fingerprint density at radius 2 is 2.53 bits per heavy atom. The number of nitrogens with one attached hydrogen (secondary N) is 1. The van der Waals surface area contributed by atoms with E-state index in [1.807, 2.05) is 0 Å². The molecule has 0 radical (unpaired) electrons. The third kappa shape index (κ3) is 2.09. The molecule has 1 fully saturated rings. The number of pyridine rings is 1. The standard InChI is InChI=1S/C11H14N2O2/c1-2-7-6-9(7)13-10-8(11(14)15)4-3-5-12-10/h3-5,7,9H,2,6H2,1H3,(H,12,13)(H,14,15). The second kappa shape index (κ2) is 3.88. The molecule has 0 aliphatic heterocycles. The SMILES string of the molecule is CCC1CC1Nc1ncccc1C(=O)O. The van der Waals surface area contributed by atoms with Crippen LogP contribution < -0.4 is 5.32 Å². The molecule has 1 aromatic heterocycles. The Kier molecular flexibility index (Phi) is 2.58. The second-order valence-corrected chi connectivity index (χ2v) is 3.86. The van der Waals surface area contributed by atoms with Crippen LogP contribution in [0.15, 0.2) is 18.3 Å². The molecular weight excluding hydrogens is 192 g/mol. The molecule has 2 rings (SSSR count). The van der Waals surface area contributed by atoms with Gasteiger partial charge in [0.15, 0.2) is 0 Å². The molecule has 0 amide bonds. The van der Waals surface area contributed by atoms with Gasteiger partial charge in [0, 0.05) is 12.2 Å². The van der Waals surface area contributed by atoms with Crippen molar-refractivity contribution in [1.29, 1.82) is 0 Å². The average molecular weight is 206 g/mol. The minimum absolute atomic E-state index is 0.249. The maximum atomic E-state index is 10.9. The zero-order valence-electron chi connectivity index (χ0n) is 8.60. The van der Waals surface area contributed by atoms with E-state index in [1.165, 1.54) is 0 Å². The predicted molar refractivity (Wildman–Crippen MR) is 57.0 cm³/mol. The van der Waals surface area contributed by atoms with Crippen LogP contribution in [0.2, 0.25) is 0 Å². The molecule has 1 aromatic rings. The topological polar surface area (TPSA) is 62.2 Å². The van der Waals surface area contributed by atoms with Gasteiger partial charge in [0.05, 0.1) is 0 Å². The Morgan fingerprint density at radius 3 is 3.13 bits per heavy atom. The molecule has 2 N–H and O–H groups in total. The van der Waals surface area contributed by atoms with Crippen molar-refractivity contribution in [3.8, 4) is 0 Å². The molecule has 4 nitrogen and oxygen atoms in total. The lowest BCUT2D eigenvalue weighted by molar-refractivity contribution is 0.0697. The van der Waals surface area contributed by atoms with E-state index in [0.717, 1.165) is 12.8 Å². The van der Waals surface area contributed by atoms with Crippen molar-refractivity contribution < 1.29 is 9.90 Å². The van der Waals surface area contributed by atoms with Crippen LogP contribution >= 0.6 is 0 Å². The van der Waals surface area contributed by atoms with Crippen LogP contribution in [0, 0.1) is 5.92 Å². The summed E-state index contributed by atoms with van der Waals surface area (Å²) in [5, 5.41) is 12.1. The first-order chi connectivity index (χ1) is 7.22. The zero-order valence-corrected chi connectivity index (χ0v) is 8.60. The summed E-state index contributed by atoms with van der Waals surface area (Å²) in [7, 11) is 0. The Bertz CT molecular complexity index is 379. The third-order valence-corrected chi connectivity index (χ3v) is 2.81. The number of rotatable bonds is 4. The van der Waals surface area contributed by atoms with Gasteiger partial charge in [0.2, 0.25) is 0 Å². The molecule has 1 aliphatic carbocycles. The molecule has 1 heterocycles. The van der Waals surface area contributed by atoms with Gasteiger partial charge < -0.3 is 10.4 Å². The first-order valence-electron chi connectivity index (χ1n) is 5.17. The number of aromatic nitrogens is 1. The van der Waals surface area contributed by atoms with Gasteiger partial charge in [0.1, 0.15) is 11.4 Å². The van der Waals surface area contributed by atoms with Crippen LogP contribution in [0.25, 0.3) is 0 Å². The fourth-order valence-corrected chi connectivity index (χ4v) is 1.74. The summed E-state index contributed by atoms with van der Waals surface area (Å²) >= 11 is 0. The third-order valence-electron chi connectivity index (χ3n) is 2.81. The van der Waals surface area contributed by atoms with Crippen LogP contribution in [0.1, 0.15) is 30.1 Å². The summed E-state index contributed by atoms with van der Waals surface area (Å²) in [5.74, 6) is 0.235. The Hall–Kier alpha value is -1.58. The van der Waals surface area contributed by atoms with E-state index in [-0.39, 0.29) is 5.56 Å². The Labute approximate surface area is 88.3 Å². The van der Waals surface area contributed by atoms with Crippen LogP contribution in [0.5, 0.6) is 0 Å². The molecule has 2 atom stereocenters. The van der Waals surface area contributed by atoms with E-state index < -0.39 is 5.97 Å². The number of carboxylic acids is 1. The first kappa shape index (κ1) is 9.96. The number of nitrogens with zero attached hydrogens (tertiary/aromatic N) is 1. The maximum absolute atomic E-state index is 10.9. The second-order valence-electron chi connectivity index (χ2n) is 3.86. The zero-order chi connectivity index (χ0) is 10.8. The molecule has 1 aliphatic rings. The molecule has 0 saturated heterocycles. The van der Waals surface area contributed by atoms with Gasteiger partial charge in [-0.1, -0.05) is 13.3 Å². The molecule has 80 valence electrons. The van der Waals surface area contributed by atoms with Crippen LogP contribution in [0.3, 0.4) is 0 Å². The summed E-state index contributed by atoms with van der Waals surface area (Å²) in [6.07, 6.45) is 3.86. The highest BCUT2D eigenvalue weighted by molar-refractivity contribution is 5.93. The van der Waals surface area contributed by atoms with Crippen LogP contribution in [-0.4, -0.2) is 22.1 Å². The predicted octanol–water partition coefficient (Wildman–Crippen LogP) is 1.99. The highest BCUT2D eigenvalue weighted by atomic mass is 16.4. The molecule has 1 saturated carbocycles. The van der Waals surface area contributed by atoms with Gasteiger partial charge in [-0.25, -0.2) is 9.78 Å². The molecular formula is C11H14N2O2. The molecule has 15 heavy (non-hydrogen) atoms. The fourth-order valence-electron chi connectivity index (χ4n) is 1.74. The van der Waals surface area contributed by atoms with Crippen molar-refractivity contribution in [2.45, 2.75) is 25.8 Å². The van der Waals surface area contributed by atoms with E-state index in [1.54, 1.807) is 18.3 Å². The summed E-state index contributed by atoms with van der Waals surface area (Å²) in [6, 6.07) is 3.61. The Balaban J connectivity index is 2.11. The minimum atomic E-state index is -0.931. The van der Waals surface area contributed by atoms with Crippen molar-refractivity contribution in [3.05, 3.63) is 23.9 Å². The normalized spacial score (nSPS) is 23.5. The van der Waals surface area contributed by atoms with Gasteiger partial charge in [0.25, 0.3) is 0 Å². The van der Waals surface area contributed by atoms with Gasteiger partial charge in [-0.3, -0.25) is 0 Å². The molecule has 0 aromatic carbocycles. The van der Waals surface area contributed by atoms with E-state index in [4.69, 9.17) is 5.11 Å². The van der Waals surface area contributed by atoms with Gasteiger partial charge in [-0.2, -0.15) is 0 Å². The number of anilines is 1. The number of carbonyl (C=O) groups is 1. The average Bonchev–Trinajstić information content (AvgIpc) is 2.97. The summed E-state index contributed by atoms with van der Waals surface area (Å²) in [4.78, 5) is 15.0. The molecule has 0 bridgehead atoms. The number of aromatic carboxylic acids is 1. The van der Waals surface area contributed by atoms with Crippen molar-refractivity contribution in [2.24, 2.45) is 5.92 Å². The van der Waals surface area contributed by atoms with Crippen molar-refractivity contribution in [3.63, 3.8) is 0 Å². The van der Waals surface area contributed by atoms with Crippen LogP contribution in [-0.2, 0) is 0 Å². The highest BCUT2D eigenvalue weighted by Gasteiger charge is 2.36. The summed E-state index contributed by atoms with van der Waals surface area (Å²) in [5.41, 5.74) is 0.249. The lowest BCUT2D eigenvalue weighted by Crippen LogP contribution is -2.11. The lowest BCUT2D eigenvalue weighted by Gasteiger charge is -2.06.